The van der Waals surface area contributed by atoms with Crippen LogP contribution in [0.1, 0.15) is 20.3 Å². The zero-order valence-electron chi connectivity index (χ0n) is 9.84. The van der Waals surface area contributed by atoms with E-state index in [2.05, 4.69) is 21.2 Å². The summed E-state index contributed by atoms with van der Waals surface area (Å²) in [6, 6.07) is 4.72. The van der Waals surface area contributed by atoms with Crippen molar-refractivity contribution in [1.29, 1.82) is 0 Å². The minimum Gasteiger partial charge on any atom is -0.325 e. The monoisotopic (exact) mass is 318 g/mol. The zero-order valence-corrected chi connectivity index (χ0v) is 12.2. The van der Waals surface area contributed by atoms with Crippen molar-refractivity contribution in [2.24, 2.45) is 11.7 Å². The molecule has 94 valence electrons. The molecule has 1 aromatic carbocycles. The Labute approximate surface area is 115 Å². The maximum Gasteiger partial charge on any atom is 0.241 e. The van der Waals surface area contributed by atoms with Gasteiger partial charge in [-0.25, -0.2) is 0 Å². The fourth-order valence-corrected chi connectivity index (χ4v) is 1.81. The fourth-order valence-electron chi connectivity index (χ4n) is 1.31. The number of carbonyl (C=O) groups excluding carboxylic acids is 1. The van der Waals surface area contributed by atoms with Gasteiger partial charge >= 0.3 is 0 Å². The number of nitrogens with two attached hydrogens (primary N) is 1. The van der Waals surface area contributed by atoms with Gasteiger partial charge in [-0.1, -0.05) is 31.9 Å². The molecule has 0 fully saturated rings. The Kier molecular flexibility index (Phi) is 5.43. The van der Waals surface area contributed by atoms with Gasteiger partial charge in [0.1, 0.15) is 0 Å². The minimum absolute atomic E-state index is 0.158. The summed E-state index contributed by atoms with van der Waals surface area (Å²) in [5.74, 6) is -0.0145. The Morgan fingerprint density at radius 1 is 1.59 bits per heavy atom. The van der Waals surface area contributed by atoms with E-state index in [1.54, 1.807) is 18.2 Å². The van der Waals surface area contributed by atoms with Crippen molar-refractivity contribution >= 4 is 39.1 Å². The third-order valence-electron chi connectivity index (χ3n) is 2.75. The van der Waals surface area contributed by atoms with Gasteiger partial charge in [0, 0.05) is 10.2 Å². The summed E-state index contributed by atoms with van der Waals surface area (Å²) in [6.45, 7) is 3.97. The number of nitrogens with one attached hydrogen (secondary N) is 1. The van der Waals surface area contributed by atoms with Gasteiger partial charge in [-0.05, 0) is 40.0 Å². The summed E-state index contributed by atoms with van der Waals surface area (Å²) in [7, 11) is 0. The largest absolute Gasteiger partial charge is 0.325 e. The second kappa shape index (κ2) is 6.38. The normalized spacial score (nSPS) is 14.2. The van der Waals surface area contributed by atoms with E-state index in [0.717, 1.165) is 10.9 Å². The predicted molar refractivity (Wildman–Crippen MR) is 75.2 cm³/mol. The van der Waals surface area contributed by atoms with Gasteiger partial charge in [0.2, 0.25) is 5.91 Å². The van der Waals surface area contributed by atoms with Crippen LogP contribution in [0.2, 0.25) is 5.02 Å². The van der Waals surface area contributed by atoms with Crippen LogP contribution in [-0.2, 0) is 4.79 Å². The quantitative estimate of drug-likeness (QED) is 0.893. The molecule has 1 unspecified atom stereocenters. The first-order valence-electron chi connectivity index (χ1n) is 5.47. The lowest BCUT2D eigenvalue weighted by Crippen LogP contribution is -2.40. The van der Waals surface area contributed by atoms with Crippen molar-refractivity contribution in [1.82, 2.24) is 0 Å². The smallest absolute Gasteiger partial charge is 0.241 e. The van der Waals surface area contributed by atoms with Gasteiger partial charge in [-0.2, -0.15) is 0 Å². The van der Waals surface area contributed by atoms with Gasteiger partial charge in [0.25, 0.3) is 0 Å². The maximum atomic E-state index is 11.8. The summed E-state index contributed by atoms with van der Waals surface area (Å²) in [4.78, 5) is 11.8. The lowest BCUT2D eigenvalue weighted by molar-refractivity contribution is -0.118. The van der Waals surface area contributed by atoms with Gasteiger partial charge in [0.15, 0.2) is 0 Å². The van der Waals surface area contributed by atoms with E-state index in [4.69, 9.17) is 17.3 Å². The van der Waals surface area contributed by atoms with Gasteiger partial charge in [-0.3, -0.25) is 4.79 Å². The predicted octanol–water partition coefficient (Wildman–Crippen LogP) is 3.41. The number of rotatable bonds is 4. The van der Waals surface area contributed by atoms with Crippen LogP contribution < -0.4 is 11.1 Å². The number of halogens is 2. The number of hydrogen-bond donors (Lipinski definition) is 2. The lowest BCUT2D eigenvalue weighted by atomic mass is 9.99. The van der Waals surface area contributed by atoms with Crippen molar-refractivity contribution in [3.63, 3.8) is 0 Å². The molecule has 0 saturated carbocycles. The Morgan fingerprint density at radius 3 is 2.76 bits per heavy atom. The van der Waals surface area contributed by atoms with Crippen LogP contribution in [0.25, 0.3) is 0 Å². The van der Waals surface area contributed by atoms with E-state index < -0.39 is 6.04 Å². The molecule has 0 aliphatic heterocycles. The molecular formula is C12H16BrClN2O. The third-order valence-corrected chi connectivity index (χ3v) is 3.96. The molecule has 0 aromatic heterocycles. The van der Waals surface area contributed by atoms with Crippen LogP contribution >= 0.6 is 27.5 Å². The van der Waals surface area contributed by atoms with Crippen molar-refractivity contribution in [3.8, 4) is 0 Å². The first-order valence-corrected chi connectivity index (χ1v) is 6.64. The van der Waals surface area contributed by atoms with Crippen LogP contribution in [0, 0.1) is 5.92 Å². The average molecular weight is 320 g/mol. The van der Waals surface area contributed by atoms with Crippen molar-refractivity contribution < 1.29 is 4.79 Å². The molecule has 1 aromatic rings. The highest BCUT2D eigenvalue weighted by atomic mass is 79.9. The molecule has 0 aliphatic rings. The van der Waals surface area contributed by atoms with E-state index in [0.29, 0.717) is 10.7 Å². The third kappa shape index (κ3) is 3.98. The highest BCUT2D eigenvalue weighted by Gasteiger charge is 2.19. The summed E-state index contributed by atoms with van der Waals surface area (Å²) in [6.07, 6.45) is 0.874. The van der Waals surface area contributed by atoms with Crippen LogP contribution in [0.3, 0.4) is 0 Å². The number of amides is 1. The number of hydrogen-bond acceptors (Lipinski definition) is 2. The summed E-state index contributed by atoms with van der Waals surface area (Å²) >= 11 is 9.17. The molecule has 0 spiro atoms. The van der Waals surface area contributed by atoms with E-state index in [1.165, 1.54) is 0 Å². The first kappa shape index (κ1) is 14.5. The second-order valence-corrected chi connectivity index (χ2v) is 5.29. The van der Waals surface area contributed by atoms with Crippen molar-refractivity contribution in [3.05, 3.63) is 27.7 Å². The first-order chi connectivity index (χ1) is 7.95. The lowest BCUT2D eigenvalue weighted by Gasteiger charge is -2.17. The zero-order chi connectivity index (χ0) is 13.0. The molecule has 0 saturated heterocycles. The molecule has 5 heteroatoms. The molecule has 3 N–H and O–H groups in total. The number of benzene rings is 1. The highest BCUT2D eigenvalue weighted by molar-refractivity contribution is 9.10. The molecule has 1 rings (SSSR count). The minimum atomic E-state index is -0.491. The average Bonchev–Trinajstić information content (AvgIpc) is 2.31. The standard InChI is InChI=1S/C12H16BrClN2O/c1-3-7(2)11(15)12(17)16-8-4-5-10(14)9(13)6-8/h4-7,11H,3,15H2,1-2H3,(H,16,17)/t7?,11-/m1/s1. The molecule has 0 aliphatic carbocycles. The molecule has 0 bridgehead atoms. The summed E-state index contributed by atoms with van der Waals surface area (Å²) < 4.78 is 0.745. The molecular weight excluding hydrogens is 304 g/mol. The Balaban J connectivity index is 2.71. The molecule has 0 heterocycles. The Morgan fingerprint density at radius 2 is 2.24 bits per heavy atom. The van der Waals surface area contributed by atoms with Crippen LogP contribution in [0.15, 0.2) is 22.7 Å². The SMILES string of the molecule is CCC(C)[C@@H](N)C(=O)Nc1ccc(Cl)c(Br)c1. The summed E-state index contributed by atoms with van der Waals surface area (Å²) in [5.41, 5.74) is 6.52. The van der Waals surface area contributed by atoms with Crippen LogP contribution in [-0.4, -0.2) is 11.9 Å². The number of carbonyl (C=O) groups is 1. The van der Waals surface area contributed by atoms with Crippen LogP contribution in [0.4, 0.5) is 5.69 Å². The van der Waals surface area contributed by atoms with Gasteiger partial charge < -0.3 is 11.1 Å². The maximum absolute atomic E-state index is 11.8. The van der Waals surface area contributed by atoms with Crippen LogP contribution in [0.5, 0.6) is 0 Å². The van der Waals surface area contributed by atoms with Gasteiger partial charge in [0.05, 0.1) is 11.1 Å². The van der Waals surface area contributed by atoms with Crippen molar-refractivity contribution in [2.75, 3.05) is 5.32 Å². The molecule has 1 amide bonds. The molecule has 17 heavy (non-hydrogen) atoms. The van der Waals surface area contributed by atoms with E-state index in [9.17, 15) is 4.79 Å². The second-order valence-electron chi connectivity index (χ2n) is 4.03. The van der Waals surface area contributed by atoms with E-state index in [-0.39, 0.29) is 11.8 Å². The molecule has 0 radical (unpaired) electrons. The number of anilines is 1. The highest BCUT2D eigenvalue weighted by Crippen LogP contribution is 2.25. The fraction of sp³-hybridized carbons (Fsp3) is 0.417. The Bertz CT molecular complexity index is 411. The summed E-state index contributed by atoms with van der Waals surface area (Å²) in [5, 5.41) is 3.38. The topological polar surface area (TPSA) is 55.1 Å². The van der Waals surface area contributed by atoms with Gasteiger partial charge in [-0.15, -0.1) is 0 Å². The molecule has 2 atom stereocenters. The molecule has 3 nitrogen and oxygen atoms in total. The van der Waals surface area contributed by atoms with E-state index >= 15 is 0 Å². The Hall–Kier alpha value is -0.580. The van der Waals surface area contributed by atoms with E-state index in [1.807, 2.05) is 13.8 Å². The van der Waals surface area contributed by atoms with Crippen molar-refractivity contribution in [2.45, 2.75) is 26.3 Å².